The van der Waals surface area contributed by atoms with Crippen molar-refractivity contribution in [3.8, 4) is 0 Å². The first kappa shape index (κ1) is 13.4. The number of nitrogens with zero attached hydrogens (tertiary/aromatic N) is 1. The number of aliphatic carboxylic acids is 1. The zero-order chi connectivity index (χ0) is 11.0. The third-order valence-corrected chi connectivity index (χ3v) is 2.30. The molecular weight excluding hydrogens is 180 g/mol. The average molecular weight is 202 g/mol. The number of hydrogen-bond donors (Lipinski definition) is 2. The molecule has 84 valence electrons. The molecule has 0 bridgehead atoms. The first-order chi connectivity index (χ1) is 6.60. The number of rotatable bonds is 8. The van der Waals surface area contributed by atoms with Crippen LogP contribution in [0.15, 0.2) is 0 Å². The van der Waals surface area contributed by atoms with E-state index in [2.05, 4.69) is 24.1 Å². The largest absolute Gasteiger partial charge is 0.481 e. The monoisotopic (exact) mass is 202 g/mol. The molecule has 0 radical (unpaired) electrons. The van der Waals surface area contributed by atoms with Gasteiger partial charge in [-0.15, -0.1) is 0 Å². The lowest BCUT2D eigenvalue weighted by Gasteiger charge is -2.19. The van der Waals surface area contributed by atoms with Gasteiger partial charge in [0, 0.05) is 19.1 Å². The molecule has 1 atom stereocenters. The topological polar surface area (TPSA) is 52.6 Å². The smallest absolute Gasteiger partial charge is 0.304 e. The molecule has 0 aliphatic rings. The summed E-state index contributed by atoms with van der Waals surface area (Å²) < 4.78 is 0. The number of carboxylic acids is 1. The van der Waals surface area contributed by atoms with Crippen LogP contribution in [0.1, 0.15) is 27.2 Å². The van der Waals surface area contributed by atoms with Crippen molar-refractivity contribution in [3.05, 3.63) is 0 Å². The summed E-state index contributed by atoms with van der Waals surface area (Å²) in [5, 5.41) is 11.7. The molecule has 4 heteroatoms. The van der Waals surface area contributed by atoms with E-state index < -0.39 is 5.97 Å². The summed E-state index contributed by atoms with van der Waals surface area (Å²) in [5.74, 6) is -0.743. The molecule has 4 nitrogen and oxygen atoms in total. The fraction of sp³-hybridized carbons (Fsp3) is 0.900. The van der Waals surface area contributed by atoms with E-state index in [9.17, 15) is 4.79 Å². The van der Waals surface area contributed by atoms with Crippen molar-refractivity contribution in [2.45, 2.75) is 33.2 Å². The lowest BCUT2D eigenvalue weighted by atomic mass is 10.2. The number of carbonyl (C=O) groups is 1. The summed E-state index contributed by atoms with van der Waals surface area (Å²) in [4.78, 5) is 12.7. The SMILES string of the molecule is CCN(CC)CCN[C@@H](C)CC(=O)O. The Morgan fingerprint density at radius 2 is 2.00 bits per heavy atom. The fourth-order valence-electron chi connectivity index (χ4n) is 1.34. The Hall–Kier alpha value is -0.610. The highest BCUT2D eigenvalue weighted by atomic mass is 16.4. The summed E-state index contributed by atoms with van der Waals surface area (Å²) in [5.41, 5.74) is 0. The molecule has 0 fully saturated rings. The fourth-order valence-corrected chi connectivity index (χ4v) is 1.34. The Balaban J connectivity index is 3.47. The van der Waals surface area contributed by atoms with Gasteiger partial charge in [0.15, 0.2) is 0 Å². The summed E-state index contributed by atoms with van der Waals surface area (Å²) in [6.07, 6.45) is 0.193. The van der Waals surface area contributed by atoms with E-state index >= 15 is 0 Å². The Bertz CT molecular complexity index is 158. The van der Waals surface area contributed by atoms with Crippen LogP contribution in [-0.2, 0) is 4.79 Å². The van der Waals surface area contributed by atoms with Crippen molar-refractivity contribution >= 4 is 5.97 Å². The molecule has 2 N–H and O–H groups in total. The minimum Gasteiger partial charge on any atom is -0.481 e. The second-order valence-corrected chi connectivity index (χ2v) is 3.48. The molecule has 0 amide bonds. The molecule has 14 heavy (non-hydrogen) atoms. The molecule has 0 rings (SSSR count). The van der Waals surface area contributed by atoms with Crippen LogP contribution in [0.2, 0.25) is 0 Å². The Morgan fingerprint density at radius 1 is 1.43 bits per heavy atom. The van der Waals surface area contributed by atoms with Gasteiger partial charge in [0.1, 0.15) is 0 Å². The summed E-state index contributed by atoms with van der Waals surface area (Å²) >= 11 is 0. The Labute approximate surface area is 86.3 Å². The lowest BCUT2D eigenvalue weighted by Crippen LogP contribution is -2.36. The minimum atomic E-state index is -0.743. The highest BCUT2D eigenvalue weighted by molar-refractivity contribution is 5.67. The Morgan fingerprint density at radius 3 is 2.43 bits per heavy atom. The van der Waals surface area contributed by atoms with Gasteiger partial charge in [0.05, 0.1) is 6.42 Å². The van der Waals surface area contributed by atoms with Gasteiger partial charge in [-0.1, -0.05) is 13.8 Å². The van der Waals surface area contributed by atoms with Crippen molar-refractivity contribution in [2.24, 2.45) is 0 Å². The molecule has 0 aromatic rings. The first-order valence-corrected chi connectivity index (χ1v) is 5.27. The molecule has 0 spiro atoms. The molecule has 0 heterocycles. The molecule has 0 aliphatic carbocycles. The van der Waals surface area contributed by atoms with Crippen molar-refractivity contribution in [2.75, 3.05) is 26.2 Å². The zero-order valence-corrected chi connectivity index (χ0v) is 9.42. The molecule has 0 aromatic heterocycles. The summed E-state index contributed by atoms with van der Waals surface area (Å²) in [7, 11) is 0. The van der Waals surface area contributed by atoms with Gasteiger partial charge >= 0.3 is 5.97 Å². The van der Waals surface area contributed by atoms with E-state index in [1.54, 1.807) is 0 Å². The average Bonchev–Trinajstić information content (AvgIpc) is 2.11. The maximum absolute atomic E-state index is 10.4. The standard InChI is InChI=1S/C10H22N2O2/c1-4-12(5-2)7-6-11-9(3)8-10(13)14/h9,11H,4-8H2,1-3H3,(H,13,14)/t9-/m0/s1. The second-order valence-electron chi connectivity index (χ2n) is 3.48. The minimum absolute atomic E-state index is 0.0584. The molecule has 0 aromatic carbocycles. The second kappa shape index (κ2) is 7.76. The van der Waals surface area contributed by atoms with Crippen molar-refractivity contribution in [1.29, 1.82) is 0 Å². The predicted molar refractivity (Wildman–Crippen MR) is 57.5 cm³/mol. The quantitative estimate of drug-likeness (QED) is 0.611. The molecule has 0 unspecified atom stereocenters. The number of likely N-dealkylation sites (N-methyl/N-ethyl adjacent to an activating group) is 1. The predicted octanol–water partition coefficient (Wildman–Crippen LogP) is 0.781. The van der Waals surface area contributed by atoms with Gasteiger partial charge in [-0.3, -0.25) is 4.79 Å². The molecule has 0 aliphatic heterocycles. The highest BCUT2D eigenvalue weighted by Gasteiger charge is 2.06. The van der Waals surface area contributed by atoms with E-state index in [1.165, 1.54) is 0 Å². The number of carboxylic acid groups (broad SMARTS) is 1. The molecule has 0 saturated carbocycles. The van der Waals surface area contributed by atoms with Crippen LogP contribution in [0.3, 0.4) is 0 Å². The van der Waals surface area contributed by atoms with E-state index in [0.717, 1.165) is 26.2 Å². The van der Waals surface area contributed by atoms with Gasteiger partial charge in [0.2, 0.25) is 0 Å². The first-order valence-electron chi connectivity index (χ1n) is 5.27. The van der Waals surface area contributed by atoms with Gasteiger partial charge < -0.3 is 15.3 Å². The van der Waals surface area contributed by atoms with Crippen molar-refractivity contribution < 1.29 is 9.90 Å². The van der Waals surface area contributed by atoms with Crippen LogP contribution >= 0.6 is 0 Å². The lowest BCUT2D eigenvalue weighted by molar-refractivity contribution is -0.137. The van der Waals surface area contributed by atoms with Gasteiger partial charge in [-0.25, -0.2) is 0 Å². The third-order valence-electron chi connectivity index (χ3n) is 2.30. The van der Waals surface area contributed by atoms with Crippen molar-refractivity contribution in [3.63, 3.8) is 0 Å². The Kier molecular flexibility index (Phi) is 7.42. The maximum atomic E-state index is 10.4. The van der Waals surface area contributed by atoms with E-state index in [0.29, 0.717) is 0 Å². The van der Waals surface area contributed by atoms with Gasteiger partial charge in [0.25, 0.3) is 0 Å². The van der Waals surface area contributed by atoms with Gasteiger partial charge in [-0.05, 0) is 20.0 Å². The zero-order valence-electron chi connectivity index (χ0n) is 9.42. The summed E-state index contributed by atoms with van der Waals surface area (Å²) in [6.45, 7) is 10.1. The van der Waals surface area contributed by atoms with Crippen LogP contribution in [-0.4, -0.2) is 48.2 Å². The maximum Gasteiger partial charge on any atom is 0.304 e. The third kappa shape index (κ3) is 6.86. The summed E-state index contributed by atoms with van der Waals surface area (Å²) in [6, 6.07) is 0.0584. The number of nitrogens with one attached hydrogen (secondary N) is 1. The normalized spacial score (nSPS) is 13.1. The van der Waals surface area contributed by atoms with Crippen LogP contribution in [0.4, 0.5) is 0 Å². The van der Waals surface area contributed by atoms with Gasteiger partial charge in [-0.2, -0.15) is 0 Å². The highest BCUT2D eigenvalue weighted by Crippen LogP contribution is 1.90. The van der Waals surface area contributed by atoms with E-state index in [-0.39, 0.29) is 12.5 Å². The van der Waals surface area contributed by atoms with Crippen LogP contribution in [0, 0.1) is 0 Å². The van der Waals surface area contributed by atoms with Crippen LogP contribution < -0.4 is 5.32 Å². The van der Waals surface area contributed by atoms with Crippen LogP contribution in [0.5, 0.6) is 0 Å². The van der Waals surface area contributed by atoms with E-state index in [1.807, 2.05) is 6.92 Å². The van der Waals surface area contributed by atoms with Crippen LogP contribution in [0.25, 0.3) is 0 Å². The molecule has 0 saturated heterocycles. The molecular formula is C10H22N2O2. The van der Waals surface area contributed by atoms with E-state index in [4.69, 9.17) is 5.11 Å². The van der Waals surface area contributed by atoms with Crippen molar-refractivity contribution in [1.82, 2.24) is 10.2 Å². The number of hydrogen-bond acceptors (Lipinski definition) is 3.